The molecule has 0 rings (SSSR count). The molecule has 0 fully saturated rings. The van der Waals surface area contributed by atoms with Gasteiger partial charge in [-0.3, -0.25) is 9.59 Å². The Morgan fingerprint density at radius 3 is 2.26 bits per heavy atom. The van der Waals surface area contributed by atoms with Crippen LogP contribution < -0.4 is 5.32 Å². The van der Waals surface area contributed by atoms with Crippen molar-refractivity contribution in [2.24, 2.45) is 5.41 Å². The van der Waals surface area contributed by atoms with Crippen LogP contribution in [0.3, 0.4) is 0 Å². The van der Waals surface area contributed by atoms with E-state index in [2.05, 4.69) is 42.0 Å². The van der Waals surface area contributed by atoms with E-state index in [1.165, 1.54) is 6.08 Å². The Labute approximate surface area is 146 Å². The van der Waals surface area contributed by atoms with Gasteiger partial charge in [0, 0.05) is 26.2 Å². The predicted octanol–water partition coefficient (Wildman–Crippen LogP) is 2.62. The van der Waals surface area contributed by atoms with Crippen molar-refractivity contribution in [3.05, 3.63) is 10.6 Å². The van der Waals surface area contributed by atoms with Crippen molar-refractivity contribution >= 4 is 33.8 Å². The Hall–Kier alpha value is -1.30. The molecule has 1 amide bonds. The van der Waals surface area contributed by atoms with Crippen LogP contribution in [0.4, 0.5) is 0 Å². The van der Waals surface area contributed by atoms with Crippen LogP contribution in [0.25, 0.3) is 0 Å². The van der Waals surface area contributed by atoms with Crippen LogP contribution in [-0.4, -0.2) is 38.1 Å². The average molecular weight is 392 g/mol. The minimum Gasteiger partial charge on any atom is -0.383 e. The molecule has 0 saturated heterocycles. The maximum Gasteiger partial charge on any atom is 0.373 e. The number of methoxy groups -OCH3 is 1. The van der Waals surface area contributed by atoms with Crippen molar-refractivity contribution in [3.8, 4) is 0 Å². The van der Waals surface area contributed by atoms with Crippen LogP contribution >= 0.6 is 15.9 Å². The standard InChI is InChI=1S/C15H26BrNO3.CO2/c1-15(2,3)8-6-5-7-12(18)11-13(16)14(19)17-9-10-20-4;2-1-3/h11H,5-10H2,1-4H3,(H,17,19);/b13-11+;. The largest absolute Gasteiger partial charge is 0.383 e. The quantitative estimate of drug-likeness (QED) is 0.481. The molecule has 0 radical (unpaired) electrons. The molecule has 7 heteroatoms. The topological polar surface area (TPSA) is 89.5 Å². The van der Waals surface area contributed by atoms with E-state index in [1.807, 2.05) is 0 Å². The van der Waals surface area contributed by atoms with E-state index in [0.717, 1.165) is 19.3 Å². The number of carbonyl (C=O) groups is 2. The van der Waals surface area contributed by atoms with E-state index in [9.17, 15) is 9.59 Å². The van der Waals surface area contributed by atoms with E-state index >= 15 is 0 Å². The zero-order valence-corrected chi connectivity index (χ0v) is 15.8. The summed E-state index contributed by atoms with van der Waals surface area (Å²) in [4.78, 5) is 39.5. The molecule has 0 aromatic heterocycles. The molecule has 0 unspecified atom stereocenters. The fourth-order valence-corrected chi connectivity index (χ4v) is 1.98. The van der Waals surface area contributed by atoms with Gasteiger partial charge in [0.2, 0.25) is 0 Å². The third-order valence-electron chi connectivity index (χ3n) is 2.70. The Balaban J connectivity index is 0. The molecule has 0 aromatic carbocycles. The fourth-order valence-electron chi connectivity index (χ4n) is 1.58. The van der Waals surface area contributed by atoms with Crippen LogP contribution in [0.2, 0.25) is 0 Å². The summed E-state index contributed by atoms with van der Waals surface area (Å²) in [5.74, 6) is -0.308. The maximum atomic E-state index is 11.7. The molecule has 0 aliphatic heterocycles. The summed E-state index contributed by atoms with van der Waals surface area (Å²) in [5.41, 5.74) is 0.306. The zero-order valence-electron chi connectivity index (χ0n) is 14.2. The minimum atomic E-state index is -0.287. The number of allylic oxidation sites excluding steroid dienone is 1. The van der Waals surface area contributed by atoms with E-state index in [4.69, 9.17) is 14.3 Å². The third kappa shape index (κ3) is 18.7. The molecule has 132 valence electrons. The Morgan fingerprint density at radius 2 is 1.78 bits per heavy atom. The Morgan fingerprint density at radius 1 is 1.22 bits per heavy atom. The number of hydrogen-bond donors (Lipinski definition) is 1. The minimum absolute atomic E-state index is 0.0207. The SMILES string of the molecule is COCCNC(=O)/C(Br)=C\C(=O)CCCCC(C)(C)C.O=C=O. The third-order valence-corrected chi connectivity index (χ3v) is 3.29. The lowest BCUT2D eigenvalue weighted by molar-refractivity contribution is -0.191. The molecule has 0 atom stereocenters. The molecular formula is C16H26BrNO5. The summed E-state index contributed by atoms with van der Waals surface area (Å²) in [7, 11) is 1.57. The molecule has 6 nitrogen and oxygen atoms in total. The van der Waals surface area contributed by atoms with Gasteiger partial charge in [0.1, 0.15) is 0 Å². The second-order valence-electron chi connectivity index (χ2n) is 6.06. The van der Waals surface area contributed by atoms with E-state index in [1.54, 1.807) is 7.11 Å². The van der Waals surface area contributed by atoms with Crippen LogP contribution in [0.15, 0.2) is 10.6 Å². The molecule has 0 aromatic rings. The number of carbonyl (C=O) groups excluding carboxylic acids is 4. The molecule has 0 saturated carbocycles. The first kappa shape index (κ1) is 24.0. The Kier molecular flexibility index (Phi) is 14.9. The summed E-state index contributed by atoms with van der Waals surface area (Å²) in [6, 6.07) is 0. The van der Waals surface area contributed by atoms with Gasteiger partial charge >= 0.3 is 6.15 Å². The highest BCUT2D eigenvalue weighted by Crippen LogP contribution is 2.22. The highest BCUT2D eigenvalue weighted by atomic mass is 79.9. The smallest absolute Gasteiger partial charge is 0.373 e. The highest BCUT2D eigenvalue weighted by Gasteiger charge is 2.11. The molecule has 0 aliphatic rings. The molecule has 0 heterocycles. The number of ketones is 1. The summed E-state index contributed by atoms with van der Waals surface area (Å²) in [6.45, 7) is 7.45. The molecule has 23 heavy (non-hydrogen) atoms. The number of nitrogens with one attached hydrogen (secondary N) is 1. The molecule has 1 N–H and O–H groups in total. The van der Waals surface area contributed by atoms with Gasteiger partial charge in [0.05, 0.1) is 11.1 Å². The van der Waals surface area contributed by atoms with Gasteiger partial charge in [-0.2, -0.15) is 9.59 Å². The number of ether oxygens (including phenoxy) is 1. The predicted molar refractivity (Wildman–Crippen MR) is 89.8 cm³/mol. The zero-order chi connectivity index (χ0) is 18.3. The summed E-state index contributed by atoms with van der Waals surface area (Å²) < 4.78 is 5.10. The van der Waals surface area contributed by atoms with Gasteiger partial charge in [0.25, 0.3) is 5.91 Å². The molecular weight excluding hydrogens is 366 g/mol. The van der Waals surface area contributed by atoms with Crippen LogP contribution in [0.1, 0.15) is 46.5 Å². The van der Waals surface area contributed by atoms with E-state index in [-0.39, 0.29) is 22.3 Å². The first-order chi connectivity index (χ1) is 10.7. The normalized spacial score (nSPS) is 11.1. The number of halogens is 1. The van der Waals surface area contributed by atoms with Crippen molar-refractivity contribution < 1.29 is 23.9 Å². The van der Waals surface area contributed by atoms with Gasteiger partial charge < -0.3 is 10.1 Å². The number of hydrogen-bond acceptors (Lipinski definition) is 5. The second-order valence-corrected chi connectivity index (χ2v) is 6.91. The number of amides is 1. The Bertz CT molecular complexity index is 421. The molecule has 0 spiro atoms. The van der Waals surface area contributed by atoms with E-state index in [0.29, 0.717) is 25.0 Å². The fraction of sp³-hybridized carbons (Fsp3) is 0.688. The lowest BCUT2D eigenvalue weighted by atomic mass is 9.89. The van der Waals surface area contributed by atoms with Gasteiger partial charge in [-0.05, 0) is 34.2 Å². The summed E-state index contributed by atoms with van der Waals surface area (Å²) in [5, 5.41) is 2.64. The molecule has 0 bridgehead atoms. The van der Waals surface area contributed by atoms with Gasteiger partial charge in [-0.1, -0.05) is 27.2 Å². The van der Waals surface area contributed by atoms with Crippen molar-refractivity contribution in [3.63, 3.8) is 0 Å². The van der Waals surface area contributed by atoms with Crippen molar-refractivity contribution in [2.45, 2.75) is 46.5 Å². The average Bonchev–Trinajstić information content (AvgIpc) is 2.43. The van der Waals surface area contributed by atoms with Crippen molar-refractivity contribution in [1.29, 1.82) is 0 Å². The first-order valence-electron chi connectivity index (χ1n) is 7.34. The summed E-state index contributed by atoms with van der Waals surface area (Å²) >= 11 is 3.12. The maximum absolute atomic E-state index is 11.7. The summed E-state index contributed by atoms with van der Waals surface area (Å²) in [6.07, 6.45) is 5.08. The van der Waals surface area contributed by atoms with Crippen molar-refractivity contribution in [1.82, 2.24) is 5.32 Å². The molecule has 0 aliphatic carbocycles. The van der Waals surface area contributed by atoms with E-state index < -0.39 is 0 Å². The monoisotopic (exact) mass is 391 g/mol. The van der Waals surface area contributed by atoms with Crippen LogP contribution in [-0.2, 0) is 23.9 Å². The van der Waals surface area contributed by atoms with Gasteiger partial charge in [-0.25, -0.2) is 0 Å². The lowest BCUT2D eigenvalue weighted by Gasteiger charge is -2.17. The number of unbranched alkanes of at least 4 members (excludes halogenated alkanes) is 1. The van der Waals surface area contributed by atoms with Crippen LogP contribution in [0.5, 0.6) is 0 Å². The highest BCUT2D eigenvalue weighted by molar-refractivity contribution is 9.12. The first-order valence-corrected chi connectivity index (χ1v) is 8.13. The second kappa shape index (κ2) is 14.3. The van der Waals surface area contributed by atoms with Gasteiger partial charge in [0.15, 0.2) is 5.78 Å². The van der Waals surface area contributed by atoms with Crippen molar-refractivity contribution in [2.75, 3.05) is 20.3 Å². The van der Waals surface area contributed by atoms with Crippen LogP contribution in [0, 0.1) is 5.41 Å². The van der Waals surface area contributed by atoms with Gasteiger partial charge in [-0.15, -0.1) is 0 Å². The number of rotatable bonds is 9. The lowest BCUT2D eigenvalue weighted by Crippen LogP contribution is -2.27.